The fourth-order valence-electron chi connectivity index (χ4n) is 1.21. The van der Waals surface area contributed by atoms with E-state index in [9.17, 15) is 23.6 Å². The van der Waals surface area contributed by atoms with E-state index < -0.39 is 23.1 Å². The molecular formula is C9H9ClINO5S. The fraction of sp³-hybridized carbons (Fsp3) is 0.333. The van der Waals surface area contributed by atoms with Crippen LogP contribution in [0.25, 0.3) is 0 Å². The first-order valence-electron chi connectivity index (χ1n) is 4.57. The van der Waals surface area contributed by atoms with Gasteiger partial charge in [-0.05, 0) is 28.2 Å². The first-order valence-corrected chi connectivity index (χ1v) is 7.92. The summed E-state index contributed by atoms with van der Waals surface area (Å²) < 4.78 is 20.9. The van der Waals surface area contributed by atoms with Gasteiger partial charge in [-0.1, -0.05) is 23.7 Å². The van der Waals surface area contributed by atoms with Crippen LogP contribution in [0.15, 0.2) is 24.3 Å². The van der Waals surface area contributed by atoms with E-state index in [-0.39, 0.29) is 11.3 Å². The molecule has 100 valence electrons. The van der Waals surface area contributed by atoms with Gasteiger partial charge in [0.05, 0.1) is 4.92 Å². The van der Waals surface area contributed by atoms with Crippen LogP contribution in [0.2, 0.25) is 0 Å². The molecule has 0 radical (unpaired) electrons. The highest BCUT2D eigenvalue weighted by Crippen LogP contribution is 2.43. The third kappa shape index (κ3) is 3.11. The molecule has 0 aliphatic rings. The summed E-state index contributed by atoms with van der Waals surface area (Å²) in [5, 5.41) is 20.5. The summed E-state index contributed by atoms with van der Waals surface area (Å²) in [6, 6.07) is 5.05. The molecule has 1 N–H and O–H groups in total. The fourth-order valence-corrected chi connectivity index (χ4v) is 2.23. The zero-order valence-corrected chi connectivity index (χ0v) is 12.8. The minimum atomic E-state index is -3.75. The number of sulfone groups is 1. The summed E-state index contributed by atoms with van der Waals surface area (Å²) in [7, 11) is -3.75. The standard InChI is InChI=1S/C9H9ClINO5S/c1-18(16,17)9(10,11)8(13)6-3-2-4-7(5-6)12(14)15/h2-5,8,13H,1H3/t8-,9+/m0/s1. The van der Waals surface area contributed by atoms with Crippen LogP contribution in [-0.4, -0.2) is 26.9 Å². The van der Waals surface area contributed by atoms with E-state index in [1.54, 1.807) is 0 Å². The lowest BCUT2D eigenvalue weighted by Gasteiger charge is -2.24. The Balaban J connectivity index is 3.23. The minimum absolute atomic E-state index is 0.0685. The SMILES string of the molecule is CS(=O)(=O)[C@](Cl)(I)[C@@H](O)c1cccc([N+](=O)[O-])c1. The third-order valence-electron chi connectivity index (χ3n) is 2.21. The molecule has 0 bridgehead atoms. The van der Waals surface area contributed by atoms with Crippen molar-refractivity contribution in [1.82, 2.24) is 0 Å². The summed E-state index contributed by atoms with van der Waals surface area (Å²) in [4.78, 5) is 9.95. The summed E-state index contributed by atoms with van der Waals surface area (Å²) in [5.74, 6) is 0. The van der Waals surface area contributed by atoms with Crippen molar-refractivity contribution in [2.24, 2.45) is 0 Å². The monoisotopic (exact) mass is 405 g/mol. The molecule has 0 unspecified atom stereocenters. The molecule has 0 aliphatic heterocycles. The van der Waals surface area contributed by atoms with Gasteiger partial charge in [-0.25, -0.2) is 8.42 Å². The largest absolute Gasteiger partial charge is 0.385 e. The van der Waals surface area contributed by atoms with Crippen LogP contribution in [0.5, 0.6) is 0 Å². The second-order valence-corrected chi connectivity index (χ2v) is 9.67. The Morgan fingerprint density at radius 3 is 2.56 bits per heavy atom. The Morgan fingerprint density at radius 2 is 2.11 bits per heavy atom. The Bertz CT molecular complexity index is 574. The first-order chi connectivity index (χ1) is 8.07. The molecule has 6 nitrogen and oxygen atoms in total. The molecule has 0 spiro atoms. The number of benzene rings is 1. The third-order valence-corrected chi connectivity index (χ3v) is 7.46. The zero-order chi connectivity index (χ0) is 14.1. The van der Waals surface area contributed by atoms with Crippen molar-refractivity contribution < 1.29 is 18.4 Å². The summed E-state index contributed by atoms with van der Waals surface area (Å²) >= 11 is 7.21. The van der Waals surface area contributed by atoms with Crippen molar-refractivity contribution in [3.63, 3.8) is 0 Å². The van der Waals surface area contributed by atoms with Crippen LogP contribution in [0.4, 0.5) is 5.69 Å². The molecule has 18 heavy (non-hydrogen) atoms. The molecule has 0 saturated heterocycles. The Kier molecular flexibility index (Phi) is 4.57. The molecule has 9 heteroatoms. The van der Waals surface area contributed by atoms with Gasteiger partial charge in [0.1, 0.15) is 6.10 Å². The average molecular weight is 406 g/mol. The Morgan fingerprint density at radius 1 is 1.56 bits per heavy atom. The van der Waals surface area contributed by atoms with Crippen LogP contribution in [0, 0.1) is 10.1 Å². The number of hydrogen-bond donors (Lipinski definition) is 1. The second-order valence-electron chi connectivity index (χ2n) is 3.59. The number of halogens is 2. The predicted molar refractivity (Wildman–Crippen MR) is 75.5 cm³/mol. The molecule has 1 aromatic carbocycles. The first kappa shape index (κ1) is 15.6. The number of nitro groups is 1. The summed E-state index contributed by atoms with van der Waals surface area (Å²) in [5.41, 5.74) is -0.178. The molecule has 1 rings (SSSR count). The number of nitrogens with zero attached hydrogens (tertiary/aromatic N) is 1. The highest BCUT2D eigenvalue weighted by atomic mass is 127. The number of hydrogen-bond acceptors (Lipinski definition) is 5. The van der Waals surface area contributed by atoms with Gasteiger partial charge in [0.2, 0.25) is 2.21 Å². The van der Waals surface area contributed by atoms with Crippen molar-refractivity contribution in [2.75, 3.05) is 6.26 Å². The van der Waals surface area contributed by atoms with Crippen molar-refractivity contribution in [2.45, 2.75) is 8.32 Å². The van der Waals surface area contributed by atoms with Crippen molar-refractivity contribution in [3.8, 4) is 0 Å². The van der Waals surface area contributed by atoms with Crippen LogP contribution in [0.1, 0.15) is 11.7 Å². The van der Waals surface area contributed by atoms with E-state index in [0.29, 0.717) is 0 Å². The maximum atomic E-state index is 11.5. The molecule has 0 saturated carbocycles. The van der Waals surface area contributed by atoms with Gasteiger partial charge in [0, 0.05) is 18.4 Å². The maximum absolute atomic E-state index is 11.5. The van der Waals surface area contributed by atoms with E-state index >= 15 is 0 Å². The highest BCUT2D eigenvalue weighted by molar-refractivity contribution is 14.1. The molecule has 0 aromatic heterocycles. The lowest BCUT2D eigenvalue weighted by atomic mass is 10.1. The van der Waals surface area contributed by atoms with Gasteiger partial charge < -0.3 is 5.11 Å². The van der Waals surface area contributed by atoms with Crippen LogP contribution >= 0.6 is 34.2 Å². The van der Waals surface area contributed by atoms with E-state index in [2.05, 4.69) is 0 Å². The zero-order valence-electron chi connectivity index (χ0n) is 9.08. The predicted octanol–water partition coefficient (Wildman–Crippen LogP) is 2.00. The van der Waals surface area contributed by atoms with E-state index in [4.69, 9.17) is 11.6 Å². The minimum Gasteiger partial charge on any atom is -0.385 e. The molecule has 0 aliphatic carbocycles. The highest BCUT2D eigenvalue weighted by Gasteiger charge is 2.44. The van der Waals surface area contributed by atoms with Gasteiger partial charge in [0.15, 0.2) is 9.84 Å². The molecular weight excluding hydrogens is 397 g/mol. The normalized spacial score (nSPS) is 16.9. The number of non-ortho nitro benzene ring substituents is 1. The van der Waals surface area contributed by atoms with Gasteiger partial charge in [-0.3, -0.25) is 10.1 Å². The van der Waals surface area contributed by atoms with Gasteiger partial charge in [-0.15, -0.1) is 0 Å². The van der Waals surface area contributed by atoms with Gasteiger partial charge >= 0.3 is 0 Å². The quantitative estimate of drug-likeness (QED) is 0.358. The topological polar surface area (TPSA) is 97.5 Å². The van der Waals surface area contributed by atoms with Gasteiger partial charge in [0.25, 0.3) is 5.69 Å². The van der Waals surface area contributed by atoms with E-state index in [1.165, 1.54) is 40.8 Å². The van der Waals surface area contributed by atoms with Crippen molar-refractivity contribution >= 4 is 49.7 Å². The molecule has 0 heterocycles. The van der Waals surface area contributed by atoms with Crippen LogP contribution < -0.4 is 0 Å². The van der Waals surface area contributed by atoms with Crippen molar-refractivity contribution in [3.05, 3.63) is 39.9 Å². The molecule has 0 fully saturated rings. The molecule has 2 atom stereocenters. The number of rotatable bonds is 4. The maximum Gasteiger partial charge on any atom is 0.269 e. The van der Waals surface area contributed by atoms with Crippen molar-refractivity contribution in [1.29, 1.82) is 0 Å². The summed E-state index contributed by atoms with van der Waals surface area (Å²) in [6.07, 6.45) is -0.692. The van der Waals surface area contributed by atoms with E-state index in [0.717, 1.165) is 12.3 Å². The molecule has 0 amide bonds. The summed E-state index contributed by atoms with van der Waals surface area (Å²) in [6.45, 7) is 0. The number of aliphatic hydroxyl groups is 1. The lowest BCUT2D eigenvalue weighted by Crippen LogP contribution is -2.32. The number of aliphatic hydroxyl groups excluding tert-OH is 1. The van der Waals surface area contributed by atoms with Crippen LogP contribution in [-0.2, 0) is 9.84 Å². The lowest BCUT2D eigenvalue weighted by molar-refractivity contribution is -0.385. The Labute approximate surface area is 122 Å². The number of nitro benzene ring substituents is 1. The van der Waals surface area contributed by atoms with Crippen LogP contribution in [0.3, 0.4) is 0 Å². The average Bonchev–Trinajstić information content (AvgIpc) is 2.26. The van der Waals surface area contributed by atoms with E-state index in [1.807, 2.05) is 0 Å². The molecule has 1 aromatic rings. The number of alkyl halides is 2. The second kappa shape index (κ2) is 5.27. The van der Waals surface area contributed by atoms with Gasteiger partial charge in [-0.2, -0.15) is 0 Å². The smallest absolute Gasteiger partial charge is 0.269 e. The Hall–Kier alpha value is -0.450.